The molecule has 100 valence electrons. The molecule has 0 amide bonds. The van der Waals surface area contributed by atoms with E-state index in [1.54, 1.807) is 0 Å². The van der Waals surface area contributed by atoms with Gasteiger partial charge in [-0.1, -0.05) is 0 Å². The third-order valence-corrected chi connectivity index (χ3v) is 9.27. The molecule has 0 saturated heterocycles. The Kier molecular flexibility index (Phi) is 3.39. The summed E-state index contributed by atoms with van der Waals surface area (Å²) in [5, 5.41) is 10.2. The molecule has 0 aliphatic carbocycles. The summed E-state index contributed by atoms with van der Waals surface area (Å²) in [6, 6.07) is 14.5. The van der Waals surface area contributed by atoms with Crippen LogP contribution in [-0.2, 0) is 0 Å². The van der Waals surface area contributed by atoms with Crippen LogP contribution in [0.2, 0.25) is 14.8 Å². The van der Waals surface area contributed by atoms with Crippen LogP contribution < -0.4 is 3.78 Å². The quantitative estimate of drug-likeness (QED) is 0.603. The van der Waals surface area contributed by atoms with Gasteiger partial charge in [-0.15, -0.1) is 0 Å². The Morgan fingerprint density at radius 3 is 2.60 bits per heavy atom. The van der Waals surface area contributed by atoms with Gasteiger partial charge in [-0.05, 0) is 0 Å². The van der Waals surface area contributed by atoms with Gasteiger partial charge in [0, 0.05) is 0 Å². The summed E-state index contributed by atoms with van der Waals surface area (Å²) in [7, 11) is 0. The van der Waals surface area contributed by atoms with E-state index in [-0.39, 0.29) is 0 Å². The molecule has 0 spiro atoms. The number of nitrogens with zero attached hydrogens (tertiary/aromatic N) is 1. The molecule has 0 radical (unpaired) electrons. The molecule has 20 heavy (non-hydrogen) atoms. The summed E-state index contributed by atoms with van der Waals surface area (Å²) in [6.07, 6.45) is 0. The van der Waals surface area contributed by atoms with Gasteiger partial charge in [0.1, 0.15) is 0 Å². The summed E-state index contributed by atoms with van der Waals surface area (Å²) in [5.74, 6) is 0.916. The van der Waals surface area contributed by atoms with E-state index in [1.165, 1.54) is 15.1 Å². The standard InChI is InChI=1S/C13H6NOS.3CH3.Sn/c14-8-9-7-11-10(12-4-2-6-15-12)3-1-5-13(11)16-9;;;;/h1-5,7H;3*1H3;. The first-order chi connectivity index (χ1) is 9.49. The predicted molar refractivity (Wildman–Crippen MR) is 87.2 cm³/mol. The number of thiophene rings is 1. The number of hydrogen-bond acceptors (Lipinski definition) is 3. The molecule has 0 saturated carbocycles. The minimum absolute atomic E-state index is 0.745. The van der Waals surface area contributed by atoms with Crippen LogP contribution in [0.25, 0.3) is 21.4 Å². The summed E-state index contributed by atoms with van der Waals surface area (Å²) in [4.78, 5) is 7.78. The van der Waals surface area contributed by atoms with Crippen LogP contribution in [0, 0.1) is 11.3 Å². The molecule has 2 nitrogen and oxygen atoms in total. The molecule has 4 heteroatoms. The molecule has 0 bridgehead atoms. The van der Waals surface area contributed by atoms with Crippen LogP contribution in [0.1, 0.15) is 4.88 Å². The number of benzene rings is 1. The fourth-order valence-corrected chi connectivity index (χ4v) is 5.95. The molecular weight excluding hydrogens is 373 g/mol. The molecular formula is C16H15NOSSn. The van der Waals surface area contributed by atoms with Crippen LogP contribution in [0.3, 0.4) is 0 Å². The van der Waals surface area contributed by atoms with Gasteiger partial charge in [0.05, 0.1) is 0 Å². The van der Waals surface area contributed by atoms with E-state index >= 15 is 0 Å². The normalized spacial score (nSPS) is 11.7. The molecule has 0 unspecified atom stereocenters. The van der Waals surface area contributed by atoms with Crippen molar-refractivity contribution in [1.29, 1.82) is 5.26 Å². The van der Waals surface area contributed by atoms with Crippen molar-refractivity contribution < 1.29 is 4.42 Å². The van der Waals surface area contributed by atoms with Gasteiger partial charge >= 0.3 is 127 Å². The average Bonchev–Trinajstić information content (AvgIpc) is 3.03. The van der Waals surface area contributed by atoms with Crippen LogP contribution >= 0.6 is 11.3 Å². The monoisotopic (exact) mass is 389 g/mol. The van der Waals surface area contributed by atoms with Crippen LogP contribution in [0.4, 0.5) is 0 Å². The second kappa shape index (κ2) is 4.94. The molecule has 0 atom stereocenters. The van der Waals surface area contributed by atoms with Gasteiger partial charge in [0.2, 0.25) is 0 Å². The van der Waals surface area contributed by atoms with Gasteiger partial charge in [-0.25, -0.2) is 0 Å². The predicted octanol–water partition coefficient (Wildman–Crippen LogP) is 4.58. The minimum atomic E-state index is -2.16. The first-order valence-corrected chi connectivity index (χ1v) is 17.3. The molecule has 0 N–H and O–H groups in total. The van der Waals surface area contributed by atoms with Gasteiger partial charge in [-0.3, -0.25) is 0 Å². The zero-order valence-electron chi connectivity index (χ0n) is 11.7. The number of hydrogen-bond donors (Lipinski definition) is 0. The second-order valence-electron chi connectivity index (χ2n) is 5.85. The van der Waals surface area contributed by atoms with Gasteiger partial charge in [-0.2, -0.15) is 0 Å². The Bertz CT molecular complexity index is 817. The Labute approximate surface area is 126 Å². The van der Waals surface area contributed by atoms with E-state index in [2.05, 4.69) is 45.2 Å². The third kappa shape index (κ3) is 2.38. The Hall–Kier alpha value is -1.25. The van der Waals surface area contributed by atoms with Gasteiger partial charge in [0.15, 0.2) is 0 Å². The summed E-state index contributed by atoms with van der Waals surface area (Å²) < 4.78 is 8.42. The molecule has 2 aromatic heterocycles. The Morgan fingerprint density at radius 1 is 1.15 bits per heavy atom. The Balaban J connectivity index is 2.17. The van der Waals surface area contributed by atoms with Crippen LogP contribution in [-0.4, -0.2) is 18.4 Å². The van der Waals surface area contributed by atoms with E-state index in [9.17, 15) is 0 Å². The van der Waals surface area contributed by atoms with Crippen molar-refractivity contribution in [3.63, 3.8) is 0 Å². The van der Waals surface area contributed by atoms with E-state index in [4.69, 9.17) is 9.68 Å². The molecule has 3 aromatic rings. The van der Waals surface area contributed by atoms with Crippen molar-refractivity contribution in [1.82, 2.24) is 0 Å². The van der Waals surface area contributed by atoms with E-state index < -0.39 is 18.4 Å². The maximum absolute atomic E-state index is 9.06. The zero-order chi connectivity index (χ0) is 14.3. The fraction of sp³-hybridized carbons (Fsp3) is 0.188. The third-order valence-electron chi connectivity index (χ3n) is 3.28. The summed E-state index contributed by atoms with van der Waals surface area (Å²) in [6.45, 7) is 0. The van der Waals surface area contributed by atoms with Crippen LogP contribution in [0.5, 0.6) is 0 Å². The van der Waals surface area contributed by atoms with Crippen LogP contribution in [0.15, 0.2) is 40.8 Å². The summed E-state index contributed by atoms with van der Waals surface area (Å²) >= 11 is -0.634. The molecule has 2 heterocycles. The van der Waals surface area contributed by atoms with Crippen molar-refractivity contribution in [2.45, 2.75) is 14.8 Å². The first-order valence-electron chi connectivity index (χ1n) is 6.52. The van der Waals surface area contributed by atoms with Gasteiger partial charge in [0.25, 0.3) is 0 Å². The number of furan rings is 1. The number of fused-ring (bicyclic) bond motifs is 1. The topological polar surface area (TPSA) is 36.9 Å². The average molecular weight is 388 g/mol. The van der Waals surface area contributed by atoms with Crippen molar-refractivity contribution in [3.05, 3.63) is 41.3 Å². The summed E-state index contributed by atoms with van der Waals surface area (Å²) in [5.41, 5.74) is 1.09. The SMILES string of the molecule is [CH3][Sn]([CH3])([CH3])[c]1ccc(-c2cccc3sc(C#N)cc23)o1. The van der Waals surface area contributed by atoms with Crippen molar-refractivity contribution >= 4 is 43.6 Å². The number of nitriles is 1. The molecule has 3 rings (SSSR count). The second-order valence-corrected chi connectivity index (χ2v) is 21.2. The zero-order valence-corrected chi connectivity index (χ0v) is 15.4. The van der Waals surface area contributed by atoms with E-state index in [0.29, 0.717) is 0 Å². The molecule has 1 aromatic carbocycles. The van der Waals surface area contributed by atoms with E-state index in [0.717, 1.165) is 26.3 Å². The molecule has 0 aliphatic rings. The fourth-order valence-electron chi connectivity index (χ4n) is 2.22. The van der Waals surface area contributed by atoms with Gasteiger partial charge < -0.3 is 0 Å². The molecule has 0 fully saturated rings. The Morgan fingerprint density at radius 2 is 1.95 bits per heavy atom. The van der Waals surface area contributed by atoms with Crippen molar-refractivity contribution in [2.24, 2.45) is 0 Å². The maximum atomic E-state index is 9.06. The first kappa shape index (κ1) is 13.7. The van der Waals surface area contributed by atoms with Crippen molar-refractivity contribution in [3.8, 4) is 17.4 Å². The van der Waals surface area contributed by atoms with E-state index in [1.807, 2.05) is 12.1 Å². The number of rotatable bonds is 2. The van der Waals surface area contributed by atoms with Crippen molar-refractivity contribution in [2.75, 3.05) is 0 Å². The molecule has 0 aliphatic heterocycles.